The molecule has 0 fully saturated rings. The Morgan fingerprint density at radius 1 is 1.31 bits per heavy atom. The van der Waals surface area contributed by atoms with Crippen molar-refractivity contribution in [1.29, 1.82) is 0 Å². The van der Waals surface area contributed by atoms with Gasteiger partial charge in [0.2, 0.25) is 0 Å². The zero-order valence-electron chi connectivity index (χ0n) is 7.66. The molecule has 3 nitrogen and oxygen atoms in total. The van der Waals surface area contributed by atoms with E-state index in [2.05, 4.69) is 0 Å². The van der Waals surface area contributed by atoms with Crippen LogP contribution >= 0.6 is 0 Å². The van der Waals surface area contributed by atoms with Crippen LogP contribution in [0.15, 0.2) is 12.1 Å². The van der Waals surface area contributed by atoms with Gasteiger partial charge in [0.25, 0.3) is 0 Å². The second-order valence-corrected chi connectivity index (χ2v) is 3.03. The van der Waals surface area contributed by atoms with Gasteiger partial charge in [-0.05, 0) is 37.1 Å². The Balaban J connectivity index is 3.23. The SMILES string of the molecule is Cc1cc(O)c(C(=O)CO)cc1C. The van der Waals surface area contributed by atoms with Crippen LogP contribution in [0.25, 0.3) is 0 Å². The third kappa shape index (κ3) is 1.87. The molecule has 0 radical (unpaired) electrons. The van der Waals surface area contributed by atoms with E-state index in [9.17, 15) is 9.90 Å². The monoisotopic (exact) mass is 180 g/mol. The molecule has 0 bridgehead atoms. The van der Waals surface area contributed by atoms with Crippen molar-refractivity contribution >= 4 is 5.78 Å². The number of Topliss-reactive ketones (excluding diaryl/α,β-unsaturated/α-hetero) is 1. The molecule has 0 saturated carbocycles. The largest absolute Gasteiger partial charge is 0.507 e. The van der Waals surface area contributed by atoms with Crippen molar-refractivity contribution in [3.63, 3.8) is 0 Å². The first-order valence-corrected chi connectivity index (χ1v) is 4.00. The molecule has 0 aliphatic rings. The lowest BCUT2D eigenvalue weighted by Crippen LogP contribution is -2.05. The van der Waals surface area contributed by atoms with E-state index in [-0.39, 0.29) is 11.3 Å². The normalized spacial score (nSPS) is 10.1. The number of phenolic OH excluding ortho intramolecular Hbond substituents is 1. The fraction of sp³-hybridized carbons (Fsp3) is 0.300. The Morgan fingerprint density at radius 3 is 2.38 bits per heavy atom. The van der Waals surface area contributed by atoms with Crippen molar-refractivity contribution in [2.45, 2.75) is 13.8 Å². The van der Waals surface area contributed by atoms with E-state index in [0.29, 0.717) is 0 Å². The van der Waals surface area contributed by atoms with E-state index >= 15 is 0 Å². The van der Waals surface area contributed by atoms with Crippen LogP contribution in [-0.2, 0) is 0 Å². The molecule has 3 heteroatoms. The number of rotatable bonds is 2. The van der Waals surface area contributed by atoms with E-state index in [4.69, 9.17) is 5.11 Å². The molecule has 1 rings (SSSR count). The fourth-order valence-electron chi connectivity index (χ4n) is 1.11. The quantitative estimate of drug-likeness (QED) is 0.672. The van der Waals surface area contributed by atoms with Crippen LogP contribution in [0.5, 0.6) is 5.75 Å². The topological polar surface area (TPSA) is 57.5 Å². The standard InChI is InChI=1S/C10H12O3/c1-6-3-8(10(13)5-11)9(12)4-7(6)2/h3-4,11-12H,5H2,1-2H3. The minimum Gasteiger partial charge on any atom is -0.507 e. The molecule has 1 aromatic rings. The number of hydrogen-bond donors (Lipinski definition) is 2. The predicted molar refractivity (Wildman–Crippen MR) is 49.0 cm³/mol. The number of aryl methyl sites for hydroxylation is 2. The highest BCUT2D eigenvalue weighted by molar-refractivity contribution is 5.99. The van der Waals surface area contributed by atoms with Gasteiger partial charge < -0.3 is 10.2 Å². The van der Waals surface area contributed by atoms with Crippen LogP contribution in [0.1, 0.15) is 21.5 Å². The predicted octanol–water partition coefficient (Wildman–Crippen LogP) is 1.18. The second-order valence-electron chi connectivity index (χ2n) is 3.03. The summed E-state index contributed by atoms with van der Waals surface area (Å²) in [5, 5.41) is 18.0. The van der Waals surface area contributed by atoms with E-state index < -0.39 is 12.4 Å². The number of phenols is 1. The van der Waals surface area contributed by atoms with Crippen molar-refractivity contribution in [2.75, 3.05) is 6.61 Å². The van der Waals surface area contributed by atoms with Gasteiger partial charge in [0.15, 0.2) is 5.78 Å². The maximum absolute atomic E-state index is 11.1. The first-order chi connectivity index (χ1) is 6.06. The molecule has 0 unspecified atom stereocenters. The van der Waals surface area contributed by atoms with Gasteiger partial charge in [-0.3, -0.25) is 4.79 Å². The first-order valence-electron chi connectivity index (χ1n) is 4.00. The molecule has 0 heterocycles. The van der Waals surface area contributed by atoms with Gasteiger partial charge in [-0.25, -0.2) is 0 Å². The molecule has 0 aliphatic carbocycles. The van der Waals surface area contributed by atoms with E-state index in [1.54, 1.807) is 6.07 Å². The third-order valence-electron chi connectivity index (χ3n) is 2.06. The van der Waals surface area contributed by atoms with Gasteiger partial charge in [-0.2, -0.15) is 0 Å². The van der Waals surface area contributed by atoms with E-state index in [1.807, 2.05) is 13.8 Å². The summed E-state index contributed by atoms with van der Waals surface area (Å²) in [6.07, 6.45) is 0. The fourth-order valence-corrected chi connectivity index (χ4v) is 1.11. The van der Waals surface area contributed by atoms with Crippen molar-refractivity contribution in [3.8, 4) is 5.75 Å². The van der Waals surface area contributed by atoms with Crippen molar-refractivity contribution < 1.29 is 15.0 Å². The van der Waals surface area contributed by atoms with Crippen molar-refractivity contribution in [2.24, 2.45) is 0 Å². The van der Waals surface area contributed by atoms with Crippen molar-refractivity contribution in [3.05, 3.63) is 28.8 Å². The van der Waals surface area contributed by atoms with Gasteiger partial charge in [0.1, 0.15) is 12.4 Å². The van der Waals surface area contributed by atoms with Gasteiger partial charge in [0, 0.05) is 0 Å². The minimum absolute atomic E-state index is 0.0675. The number of aliphatic hydroxyl groups excluding tert-OH is 1. The van der Waals surface area contributed by atoms with Crippen molar-refractivity contribution in [1.82, 2.24) is 0 Å². The summed E-state index contributed by atoms with van der Waals surface area (Å²) in [4.78, 5) is 11.1. The smallest absolute Gasteiger partial charge is 0.191 e. The molecular formula is C10H12O3. The zero-order valence-corrected chi connectivity index (χ0v) is 7.66. The molecule has 13 heavy (non-hydrogen) atoms. The Morgan fingerprint density at radius 2 is 1.85 bits per heavy atom. The van der Waals surface area contributed by atoms with Gasteiger partial charge in [0.05, 0.1) is 5.56 Å². The zero-order chi connectivity index (χ0) is 10.0. The number of benzene rings is 1. The third-order valence-corrected chi connectivity index (χ3v) is 2.06. The maximum atomic E-state index is 11.1. The molecule has 0 aromatic heterocycles. The maximum Gasteiger partial charge on any atom is 0.191 e. The van der Waals surface area contributed by atoms with Gasteiger partial charge >= 0.3 is 0 Å². The van der Waals surface area contributed by atoms with Crippen LogP contribution in [0.2, 0.25) is 0 Å². The van der Waals surface area contributed by atoms with Crippen LogP contribution < -0.4 is 0 Å². The van der Waals surface area contributed by atoms with Crippen LogP contribution in [-0.4, -0.2) is 22.6 Å². The number of carbonyl (C=O) groups is 1. The summed E-state index contributed by atoms with van der Waals surface area (Å²) in [5.74, 6) is -0.525. The average molecular weight is 180 g/mol. The number of ketones is 1. The molecule has 0 saturated heterocycles. The summed E-state index contributed by atoms with van der Waals surface area (Å²) in [6, 6.07) is 3.11. The number of aliphatic hydroxyl groups is 1. The summed E-state index contributed by atoms with van der Waals surface area (Å²) >= 11 is 0. The number of hydrogen-bond acceptors (Lipinski definition) is 3. The number of aromatic hydroxyl groups is 1. The lowest BCUT2D eigenvalue weighted by atomic mass is 10.0. The summed E-state index contributed by atoms with van der Waals surface area (Å²) in [7, 11) is 0. The second kappa shape index (κ2) is 3.58. The average Bonchev–Trinajstić information content (AvgIpc) is 2.10. The van der Waals surface area contributed by atoms with Crippen LogP contribution in [0, 0.1) is 13.8 Å². The highest BCUT2D eigenvalue weighted by Gasteiger charge is 2.10. The van der Waals surface area contributed by atoms with Crippen LogP contribution in [0.4, 0.5) is 0 Å². The number of carbonyl (C=O) groups excluding carboxylic acids is 1. The minimum atomic E-state index is -0.573. The van der Waals surface area contributed by atoms with Gasteiger partial charge in [-0.1, -0.05) is 0 Å². The van der Waals surface area contributed by atoms with Gasteiger partial charge in [-0.15, -0.1) is 0 Å². The highest BCUT2D eigenvalue weighted by atomic mass is 16.3. The lowest BCUT2D eigenvalue weighted by Gasteiger charge is -2.05. The first kappa shape index (κ1) is 9.74. The van der Waals surface area contributed by atoms with E-state index in [0.717, 1.165) is 11.1 Å². The Hall–Kier alpha value is -1.35. The molecule has 2 N–H and O–H groups in total. The van der Waals surface area contributed by atoms with E-state index in [1.165, 1.54) is 6.07 Å². The molecule has 0 atom stereocenters. The highest BCUT2D eigenvalue weighted by Crippen LogP contribution is 2.21. The summed E-state index contributed by atoms with van der Waals surface area (Å²) in [5.41, 5.74) is 2.03. The summed E-state index contributed by atoms with van der Waals surface area (Å²) in [6.45, 7) is 3.13. The lowest BCUT2D eigenvalue weighted by molar-refractivity contribution is 0.0901. The summed E-state index contributed by atoms with van der Waals surface area (Å²) < 4.78 is 0. The Kier molecular flexibility index (Phi) is 2.68. The molecule has 0 spiro atoms. The molecule has 0 amide bonds. The Labute approximate surface area is 76.6 Å². The molecular weight excluding hydrogens is 168 g/mol. The molecule has 0 aliphatic heterocycles. The molecule has 70 valence electrons. The Bertz CT molecular complexity index is 342. The molecule has 1 aromatic carbocycles. The van der Waals surface area contributed by atoms with Crippen LogP contribution in [0.3, 0.4) is 0 Å².